The van der Waals surface area contributed by atoms with E-state index in [1.54, 1.807) is 25.3 Å². The Kier molecular flexibility index (Phi) is 3.99. The molecule has 0 amide bonds. The number of nitrogens with zero attached hydrogens (tertiary/aromatic N) is 1. The van der Waals surface area contributed by atoms with Gasteiger partial charge in [-0.3, -0.25) is 19.1 Å². The van der Waals surface area contributed by atoms with Crippen molar-refractivity contribution in [3.05, 3.63) is 97.2 Å². The van der Waals surface area contributed by atoms with Crippen LogP contribution in [0.25, 0.3) is 5.70 Å². The molecule has 0 saturated carbocycles. The number of aromatic nitrogens is 2. The summed E-state index contributed by atoms with van der Waals surface area (Å²) >= 11 is 0. The quantitative estimate of drug-likeness (QED) is 0.704. The number of ketones is 1. The number of rotatable bonds is 3. The van der Waals surface area contributed by atoms with Crippen molar-refractivity contribution in [2.75, 3.05) is 12.4 Å². The topological polar surface area (TPSA) is 93.2 Å². The highest BCUT2D eigenvalue weighted by molar-refractivity contribution is 6.23. The molecule has 0 saturated heterocycles. The number of nitrogens with one attached hydrogen (secondary N) is 2. The molecule has 30 heavy (non-hydrogen) atoms. The number of hydrogen-bond donors (Lipinski definition) is 2. The molecule has 5 rings (SSSR count). The number of anilines is 1. The van der Waals surface area contributed by atoms with Gasteiger partial charge in [-0.15, -0.1) is 0 Å². The third kappa shape index (κ3) is 2.41. The molecule has 3 aromatic rings. The van der Waals surface area contributed by atoms with Gasteiger partial charge < -0.3 is 10.1 Å². The SMILES string of the molecule is CCn1c2c(c(=O)[nH]c1=O)[C@@H](c1ccc(OC)cc1)C1=C(N2)c2ccccc2C1=O. The zero-order chi connectivity index (χ0) is 21.0. The Balaban J connectivity index is 1.84. The highest BCUT2D eigenvalue weighted by Crippen LogP contribution is 2.47. The average molecular weight is 401 g/mol. The Hall–Kier alpha value is -3.87. The van der Waals surface area contributed by atoms with Crippen LogP contribution in [0.1, 0.15) is 39.9 Å². The van der Waals surface area contributed by atoms with Crippen molar-refractivity contribution < 1.29 is 9.53 Å². The monoisotopic (exact) mass is 401 g/mol. The van der Waals surface area contributed by atoms with Gasteiger partial charge >= 0.3 is 5.69 Å². The third-order valence-corrected chi connectivity index (χ3v) is 5.78. The number of carbonyl (C=O) groups is 1. The summed E-state index contributed by atoms with van der Waals surface area (Å²) < 4.78 is 6.74. The van der Waals surface area contributed by atoms with Crippen LogP contribution in [0.2, 0.25) is 0 Å². The standard InChI is InChI=1S/C23H19N3O4/c1-3-26-21-18(22(28)25-23(26)29)16(12-8-10-13(30-2)11-9-12)17-19(24-21)14-6-4-5-7-15(14)20(17)27/h4-11,16,24H,3H2,1-2H3,(H,25,28,29)/t16-/m0/s1. The number of fused-ring (bicyclic) bond motifs is 3. The number of benzene rings is 2. The van der Waals surface area contributed by atoms with E-state index in [9.17, 15) is 14.4 Å². The van der Waals surface area contributed by atoms with Gasteiger partial charge in [-0.25, -0.2) is 4.79 Å². The van der Waals surface area contributed by atoms with Crippen molar-refractivity contribution in [1.29, 1.82) is 0 Å². The van der Waals surface area contributed by atoms with E-state index in [-0.39, 0.29) is 5.78 Å². The molecule has 150 valence electrons. The normalized spacial score (nSPS) is 16.6. The van der Waals surface area contributed by atoms with Gasteiger partial charge in [0.25, 0.3) is 5.56 Å². The van der Waals surface area contributed by atoms with Crippen molar-refractivity contribution in [2.45, 2.75) is 19.4 Å². The number of ether oxygens (including phenoxy) is 1. The number of hydrogen-bond acceptors (Lipinski definition) is 5. The van der Waals surface area contributed by atoms with Crippen LogP contribution in [0.3, 0.4) is 0 Å². The van der Waals surface area contributed by atoms with Crippen LogP contribution in [0.15, 0.2) is 63.7 Å². The van der Waals surface area contributed by atoms with Crippen molar-refractivity contribution in [1.82, 2.24) is 9.55 Å². The van der Waals surface area contributed by atoms with E-state index in [4.69, 9.17) is 4.74 Å². The number of aromatic amines is 1. The molecule has 1 aromatic heterocycles. The molecule has 7 nitrogen and oxygen atoms in total. The fourth-order valence-electron chi connectivity index (χ4n) is 4.40. The highest BCUT2D eigenvalue weighted by atomic mass is 16.5. The van der Waals surface area contributed by atoms with Crippen molar-refractivity contribution in [3.63, 3.8) is 0 Å². The summed E-state index contributed by atoms with van der Waals surface area (Å²) in [7, 11) is 1.58. The summed E-state index contributed by atoms with van der Waals surface area (Å²) in [5.74, 6) is 0.378. The van der Waals surface area contributed by atoms with Gasteiger partial charge in [-0.1, -0.05) is 36.4 Å². The number of carbonyl (C=O) groups excluding carboxylic acids is 1. The van der Waals surface area contributed by atoms with E-state index in [0.29, 0.717) is 40.5 Å². The molecule has 1 aliphatic heterocycles. The van der Waals surface area contributed by atoms with Crippen LogP contribution < -0.4 is 21.3 Å². The van der Waals surface area contributed by atoms with E-state index >= 15 is 0 Å². The lowest BCUT2D eigenvalue weighted by molar-refractivity contribution is 0.103. The molecular weight excluding hydrogens is 382 g/mol. The summed E-state index contributed by atoms with van der Waals surface area (Å²) in [6, 6.07) is 14.6. The predicted octanol–water partition coefficient (Wildman–Crippen LogP) is 2.73. The minimum Gasteiger partial charge on any atom is -0.497 e. The minimum absolute atomic E-state index is 0.117. The van der Waals surface area contributed by atoms with E-state index < -0.39 is 17.2 Å². The predicted molar refractivity (Wildman–Crippen MR) is 113 cm³/mol. The summed E-state index contributed by atoms with van der Waals surface area (Å²) in [6.45, 7) is 2.21. The van der Waals surface area contributed by atoms with Gasteiger partial charge in [-0.05, 0) is 24.6 Å². The molecule has 0 radical (unpaired) electrons. The molecule has 2 heterocycles. The fraction of sp³-hybridized carbons (Fsp3) is 0.174. The van der Waals surface area contributed by atoms with E-state index in [0.717, 1.165) is 11.1 Å². The highest BCUT2D eigenvalue weighted by Gasteiger charge is 2.42. The maximum Gasteiger partial charge on any atom is 0.329 e. The summed E-state index contributed by atoms with van der Waals surface area (Å²) in [5.41, 5.74) is 2.68. The lowest BCUT2D eigenvalue weighted by Crippen LogP contribution is -2.38. The van der Waals surface area contributed by atoms with Crippen molar-refractivity contribution in [3.8, 4) is 5.75 Å². The van der Waals surface area contributed by atoms with Crippen LogP contribution >= 0.6 is 0 Å². The molecule has 0 unspecified atom stereocenters. The van der Waals surface area contributed by atoms with Crippen LogP contribution in [-0.2, 0) is 6.54 Å². The number of Topliss-reactive ketones (excluding diaryl/α,β-unsaturated/α-hetero) is 1. The summed E-state index contributed by atoms with van der Waals surface area (Å²) in [4.78, 5) is 41.2. The molecule has 0 fully saturated rings. The fourth-order valence-corrected chi connectivity index (χ4v) is 4.40. The first-order chi connectivity index (χ1) is 14.5. The molecular formula is C23H19N3O4. The van der Waals surface area contributed by atoms with Gasteiger partial charge in [0.2, 0.25) is 0 Å². The zero-order valence-electron chi connectivity index (χ0n) is 16.5. The molecule has 2 N–H and O–H groups in total. The number of allylic oxidation sites excluding steroid dienone is 1. The average Bonchev–Trinajstić information content (AvgIpc) is 3.05. The first-order valence-electron chi connectivity index (χ1n) is 9.71. The van der Waals surface area contributed by atoms with Crippen LogP contribution in [0.5, 0.6) is 5.75 Å². The van der Waals surface area contributed by atoms with Gasteiger partial charge in [0.15, 0.2) is 5.78 Å². The molecule has 7 heteroatoms. The Morgan fingerprint density at radius 2 is 1.70 bits per heavy atom. The Morgan fingerprint density at radius 1 is 1.00 bits per heavy atom. The minimum atomic E-state index is -0.607. The first kappa shape index (κ1) is 18.2. The summed E-state index contributed by atoms with van der Waals surface area (Å²) in [6.07, 6.45) is 0. The van der Waals surface area contributed by atoms with Crippen molar-refractivity contribution in [2.24, 2.45) is 0 Å². The second-order valence-corrected chi connectivity index (χ2v) is 7.26. The molecule has 2 aromatic carbocycles. The second kappa shape index (κ2) is 6.59. The first-order valence-corrected chi connectivity index (χ1v) is 9.71. The van der Waals surface area contributed by atoms with Gasteiger partial charge in [0.1, 0.15) is 11.6 Å². The molecule has 1 aliphatic carbocycles. The molecule has 1 atom stereocenters. The number of H-pyrrole nitrogens is 1. The van der Waals surface area contributed by atoms with E-state index in [2.05, 4.69) is 10.3 Å². The van der Waals surface area contributed by atoms with Crippen LogP contribution in [0, 0.1) is 0 Å². The lowest BCUT2D eigenvalue weighted by atomic mass is 9.81. The Labute approximate surface area is 171 Å². The van der Waals surface area contributed by atoms with Crippen molar-refractivity contribution >= 4 is 17.3 Å². The smallest absolute Gasteiger partial charge is 0.329 e. The lowest BCUT2D eigenvalue weighted by Gasteiger charge is -2.29. The zero-order valence-corrected chi connectivity index (χ0v) is 16.5. The summed E-state index contributed by atoms with van der Waals surface area (Å²) in [5, 5.41) is 3.25. The van der Waals surface area contributed by atoms with Gasteiger partial charge in [0.05, 0.1) is 18.4 Å². The Bertz CT molecular complexity index is 1350. The van der Waals surface area contributed by atoms with E-state index in [1.807, 2.05) is 37.3 Å². The largest absolute Gasteiger partial charge is 0.497 e. The van der Waals surface area contributed by atoms with Crippen LogP contribution in [-0.4, -0.2) is 22.4 Å². The third-order valence-electron chi connectivity index (χ3n) is 5.78. The maximum atomic E-state index is 13.4. The van der Waals surface area contributed by atoms with Crippen LogP contribution in [0.4, 0.5) is 5.82 Å². The molecule has 0 spiro atoms. The van der Waals surface area contributed by atoms with Gasteiger partial charge in [0, 0.05) is 29.2 Å². The molecule has 0 bridgehead atoms. The maximum absolute atomic E-state index is 13.4. The Morgan fingerprint density at radius 3 is 2.37 bits per heavy atom. The second-order valence-electron chi connectivity index (χ2n) is 7.26. The van der Waals surface area contributed by atoms with Gasteiger partial charge in [-0.2, -0.15) is 0 Å². The number of methoxy groups -OCH3 is 1. The van der Waals surface area contributed by atoms with E-state index in [1.165, 1.54) is 4.57 Å². The molecule has 2 aliphatic rings.